The molecular weight excluding hydrogens is 266 g/mol. The summed E-state index contributed by atoms with van der Waals surface area (Å²) in [5.74, 6) is 0.467. The molecule has 112 valence electrons. The van der Waals surface area contributed by atoms with Crippen LogP contribution in [0.5, 0.6) is 0 Å². The van der Waals surface area contributed by atoms with Gasteiger partial charge in [0.2, 0.25) is 5.91 Å². The van der Waals surface area contributed by atoms with Gasteiger partial charge in [0, 0.05) is 36.8 Å². The van der Waals surface area contributed by atoms with Gasteiger partial charge in [-0.15, -0.1) is 0 Å². The van der Waals surface area contributed by atoms with Gasteiger partial charge in [-0.1, -0.05) is 20.8 Å². The van der Waals surface area contributed by atoms with E-state index in [-0.39, 0.29) is 17.2 Å². The van der Waals surface area contributed by atoms with Crippen LogP contribution in [0, 0.1) is 5.41 Å². The first-order chi connectivity index (χ1) is 9.97. The number of aromatic amines is 1. The molecule has 0 radical (unpaired) electrons. The zero-order chi connectivity index (χ0) is 15.0. The molecule has 1 amide bonds. The molecule has 2 aromatic rings. The predicted molar refractivity (Wildman–Crippen MR) is 79.7 cm³/mol. The second-order valence-corrected chi connectivity index (χ2v) is 6.71. The van der Waals surface area contributed by atoms with Crippen molar-refractivity contribution in [3.8, 4) is 0 Å². The second-order valence-electron chi connectivity index (χ2n) is 6.71. The largest absolute Gasteiger partial charge is 0.342 e. The number of aromatic nitrogens is 4. The van der Waals surface area contributed by atoms with E-state index in [0.717, 1.165) is 37.1 Å². The third kappa shape index (κ3) is 2.62. The Labute approximate surface area is 124 Å². The molecule has 0 saturated carbocycles. The van der Waals surface area contributed by atoms with Gasteiger partial charge in [-0.05, 0) is 12.8 Å². The van der Waals surface area contributed by atoms with Gasteiger partial charge in [0.05, 0.1) is 5.69 Å². The molecule has 1 N–H and O–H groups in total. The molecule has 1 atom stereocenters. The van der Waals surface area contributed by atoms with Crippen molar-refractivity contribution in [2.75, 3.05) is 13.1 Å². The van der Waals surface area contributed by atoms with Crippen LogP contribution in [0.2, 0.25) is 0 Å². The Kier molecular flexibility index (Phi) is 3.39. The first kappa shape index (κ1) is 14.0. The molecule has 1 aliphatic rings. The van der Waals surface area contributed by atoms with Gasteiger partial charge in [0.15, 0.2) is 5.65 Å². The summed E-state index contributed by atoms with van der Waals surface area (Å²) >= 11 is 0. The monoisotopic (exact) mass is 287 g/mol. The lowest BCUT2D eigenvalue weighted by atomic mass is 9.90. The number of rotatable bonds is 1. The lowest BCUT2D eigenvalue weighted by Crippen LogP contribution is -2.44. The van der Waals surface area contributed by atoms with Gasteiger partial charge in [-0.25, -0.2) is 9.97 Å². The number of fused-ring (bicyclic) bond motifs is 1. The Morgan fingerprint density at radius 1 is 1.33 bits per heavy atom. The van der Waals surface area contributed by atoms with Crippen LogP contribution < -0.4 is 0 Å². The van der Waals surface area contributed by atoms with Crippen LogP contribution in [-0.2, 0) is 4.79 Å². The summed E-state index contributed by atoms with van der Waals surface area (Å²) in [4.78, 5) is 23.0. The predicted octanol–water partition coefficient (Wildman–Crippen LogP) is 2.10. The van der Waals surface area contributed by atoms with Crippen molar-refractivity contribution in [3.05, 3.63) is 18.1 Å². The maximum Gasteiger partial charge on any atom is 0.227 e. The molecule has 2 aromatic heterocycles. The Morgan fingerprint density at radius 2 is 2.10 bits per heavy atom. The van der Waals surface area contributed by atoms with Crippen LogP contribution in [0.4, 0.5) is 0 Å². The number of H-pyrrole nitrogens is 1. The normalized spacial score (nSPS) is 20.0. The van der Waals surface area contributed by atoms with E-state index in [1.54, 1.807) is 12.4 Å². The van der Waals surface area contributed by atoms with Gasteiger partial charge in [0.1, 0.15) is 5.52 Å². The summed E-state index contributed by atoms with van der Waals surface area (Å²) in [5, 5.41) is 7.28. The molecule has 3 heterocycles. The fraction of sp³-hybridized carbons (Fsp3) is 0.600. The fourth-order valence-corrected chi connectivity index (χ4v) is 2.92. The molecule has 0 bridgehead atoms. The maximum absolute atomic E-state index is 12.5. The molecule has 1 aliphatic heterocycles. The first-order valence-electron chi connectivity index (χ1n) is 7.41. The summed E-state index contributed by atoms with van der Waals surface area (Å²) in [7, 11) is 0. The van der Waals surface area contributed by atoms with Gasteiger partial charge in [-0.2, -0.15) is 5.10 Å². The van der Waals surface area contributed by atoms with E-state index in [9.17, 15) is 4.79 Å². The number of nitrogens with zero attached hydrogens (tertiary/aromatic N) is 4. The van der Waals surface area contributed by atoms with Gasteiger partial charge in [0.25, 0.3) is 0 Å². The highest BCUT2D eigenvalue weighted by Crippen LogP contribution is 2.31. The minimum Gasteiger partial charge on any atom is -0.342 e. The number of likely N-dealkylation sites (tertiary alicyclic amines) is 1. The Hall–Kier alpha value is -1.98. The van der Waals surface area contributed by atoms with Crippen molar-refractivity contribution in [1.82, 2.24) is 25.1 Å². The standard InChI is InChI=1S/C15H21N5O/c1-15(2,3)14(21)20-8-4-5-10(9-20)11-12-13(19-18-11)17-7-6-16-12/h6-7,10H,4-5,8-9H2,1-3H3,(H,17,18,19). The summed E-state index contributed by atoms with van der Waals surface area (Å²) < 4.78 is 0. The Balaban J connectivity index is 1.85. The maximum atomic E-state index is 12.5. The molecule has 21 heavy (non-hydrogen) atoms. The molecule has 0 aromatic carbocycles. The lowest BCUT2D eigenvalue weighted by Gasteiger charge is -2.36. The van der Waals surface area contributed by atoms with Gasteiger partial charge < -0.3 is 4.90 Å². The summed E-state index contributed by atoms with van der Waals surface area (Å²) in [5.41, 5.74) is 2.14. The average Bonchev–Trinajstić information content (AvgIpc) is 2.89. The minimum absolute atomic E-state index is 0.210. The number of carbonyl (C=O) groups is 1. The second kappa shape index (κ2) is 5.09. The first-order valence-corrected chi connectivity index (χ1v) is 7.41. The van der Waals surface area contributed by atoms with Gasteiger partial charge in [-0.3, -0.25) is 9.89 Å². The topological polar surface area (TPSA) is 74.8 Å². The number of hydrogen-bond acceptors (Lipinski definition) is 4. The number of amides is 1. The molecule has 1 fully saturated rings. The third-order valence-corrected chi connectivity index (χ3v) is 3.97. The van der Waals surface area contributed by atoms with Crippen molar-refractivity contribution < 1.29 is 4.79 Å². The van der Waals surface area contributed by atoms with Crippen molar-refractivity contribution in [2.24, 2.45) is 5.41 Å². The Bertz CT molecular complexity index is 657. The van der Waals surface area contributed by atoms with E-state index in [1.165, 1.54) is 0 Å². The van der Waals surface area contributed by atoms with E-state index in [1.807, 2.05) is 25.7 Å². The van der Waals surface area contributed by atoms with E-state index >= 15 is 0 Å². The van der Waals surface area contributed by atoms with E-state index in [2.05, 4.69) is 20.2 Å². The van der Waals surface area contributed by atoms with Crippen LogP contribution in [0.3, 0.4) is 0 Å². The molecule has 6 nitrogen and oxygen atoms in total. The molecule has 1 saturated heterocycles. The number of hydrogen-bond donors (Lipinski definition) is 1. The van der Waals surface area contributed by atoms with E-state index in [4.69, 9.17) is 0 Å². The van der Waals surface area contributed by atoms with Crippen molar-refractivity contribution >= 4 is 17.1 Å². The molecule has 0 aliphatic carbocycles. The highest BCUT2D eigenvalue weighted by Gasteiger charge is 2.32. The van der Waals surface area contributed by atoms with Crippen LogP contribution in [0.15, 0.2) is 12.4 Å². The summed E-state index contributed by atoms with van der Waals surface area (Å²) in [6.45, 7) is 7.47. The third-order valence-electron chi connectivity index (χ3n) is 3.97. The highest BCUT2D eigenvalue weighted by atomic mass is 16.2. The van der Waals surface area contributed by atoms with Gasteiger partial charge >= 0.3 is 0 Å². The molecule has 6 heteroatoms. The van der Waals surface area contributed by atoms with Crippen molar-refractivity contribution in [1.29, 1.82) is 0 Å². The Morgan fingerprint density at radius 3 is 2.86 bits per heavy atom. The average molecular weight is 287 g/mol. The zero-order valence-corrected chi connectivity index (χ0v) is 12.8. The quantitative estimate of drug-likeness (QED) is 0.871. The fourth-order valence-electron chi connectivity index (χ4n) is 2.92. The lowest BCUT2D eigenvalue weighted by molar-refractivity contribution is -0.140. The minimum atomic E-state index is -0.336. The molecular formula is C15H21N5O. The van der Waals surface area contributed by atoms with E-state index < -0.39 is 0 Å². The van der Waals surface area contributed by atoms with Crippen molar-refractivity contribution in [3.63, 3.8) is 0 Å². The van der Waals surface area contributed by atoms with E-state index in [0.29, 0.717) is 5.65 Å². The van der Waals surface area contributed by atoms with Crippen LogP contribution in [0.1, 0.15) is 45.2 Å². The summed E-state index contributed by atoms with van der Waals surface area (Å²) in [6, 6.07) is 0. The highest BCUT2D eigenvalue weighted by molar-refractivity contribution is 5.82. The van der Waals surface area contributed by atoms with Crippen LogP contribution >= 0.6 is 0 Å². The summed E-state index contributed by atoms with van der Waals surface area (Å²) in [6.07, 6.45) is 5.38. The number of nitrogens with one attached hydrogen (secondary N) is 1. The van der Waals surface area contributed by atoms with Crippen LogP contribution in [0.25, 0.3) is 11.2 Å². The van der Waals surface area contributed by atoms with Crippen molar-refractivity contribution in [2.45, 2.75) is 39.5 Å². The zero-order valence-electron chi connectivity index (χ0n) is 12.8. The molecule has 1 unspecified atom stereocenters. The number of piperidine rings is 1. The van der Waals surface area contributed by atoms with Crippen LogP contribution in [-0.4, -0.2) is 44.1 Å². The molecule has 0 spiro atoms. The smallest absolute Gasteiger partial charge is 0.227 e. The molecule has 3 rings (SSSR count). The SMILES string of the molecule is CC(C)(C)C(=O)N1CCCC(c2[nH]nc3nccnc23)C1. The number of carbonyl (C=O) groups excluding carboxylic acids is 1.